The molecule has 0 radical (unpaired) electrons. The molecule has 5 heteroatoms. The molecule has 0 aromatic heterocycles. The minimum atomic E-state index is -0.653. The number of methoxy groups -OCH3 is 1. The molecule has 0 spiro atoms. The average molecular weight is 271 g/mol. The van der Waals surface area contributed by atoms with Crippen LogP contribution >= 0.6 is 0 Å². The van der Waals surface area contributed by atoms with Crippen LogP contribution in [0.25, 0.3) is 0 Å². The molecule has 18 heavy (non-hydrogen) atoms. The van der Waals surface area contributed by atoms with Gasteiger partial charge in [0.15, 0.2) is 11.6 Å². The Morgan fingerprint density at radius 2 is 2.17 bits per heavy atom. The van der Waals surface area contributed by atoms with E-state index in [9.17, 15) is 8.60 Å². The van der Waals surface area contributed by atoms with Crippen LogP contribution in [0.1, 0.15) is 18.4 Å². The molecule has 1 aromatic carbocycles. The summed E-state index contributed by atoms with van der Waals surface area (Å²) in [5.41, 5.74) is 0.612. The monoisotopic (exact) mass is 271 g/mol. The van der Waals surface area contributed by atoms with E-state index in [-0.39, 0.29) is 11.6 Å². The van der Waals surface area contributed by atoms with Gasteiger partial charge >= 0.3 is 0 Å². The number of halogens is 1. The summed E-state index contributed by atoms with van der Waals surface area (Å²) in [5.74, 6) is 1.47. The van der Waals surface area contributed by atoms with Crippen LogP contribution in [0.15, 0.2) is 18.2 Å². The van der Waals surface area contributed by atoms with Gasteiger partial charge in [0.25, 0.3) is 0 Å². The summed E-state index contributed by atoms with van der Waals surface area (Å²) < 4.78 is 30.1. The highest BCUT2D eigenvalue weighted by atomic mass is 32.2. The number of benzene rings is 1. The van der Waals surface area contributed by atoms with Crippen molar-refractivity contribution >= 4 is 10.8 Å². The van der Waals surface area contributed by atoms with Crippen LogP contribution in [0.5, 0.6) is 5.75 Å². The summed E-state index contributed by atoms with van der Waals surface area (Å²) in [4.78, 5) is 0. The minimum absolute atomic E-state index is 0.277. The van der Waals surface area contributed by atoms with E-state index in [1.54, 1.807) is 18.2 Å². The van der Waals surface area contributed by atoms with Gasteiger partial charge in [0.05, 0.1) is 7.11 Å². The van der Waals surface area contributed by atoms with Crippen molar-refractivity contribution in [2.75, 3.05) is 18.6 Å². The van der Waals surface area contributed by atoms with Crippen LogP contribution < -0.4 is 10.1 Å². The van der Waals surface area contributed by atoms with E-state index in [0.717, 1.165) is 24.3 Å². The van der Waals surface area contributed by atoms with Crippen molar-refractivity contribution in [3.8, 4) is 5.75 Å². The Morgan fingerprint density at radius 1 is 1.44 bits per heavy atom. The normalized spacial score (nSPS) is 23.9. The van der Waals surface area contributed by atoms with Crippen LogP contribution in [0.2, 0.25) is 0 Å². The Bertz CT molecular complexity index is 429. The Morgan fingerprint density at radius 3 is 2.83 bits per heavy atom. The van der Waals surface area contributed by atoms with Crippen molar-refractivity contribution in [2.45, 2.75) is 25.4 Å². The fourth-order valence-corrected chi connectivity index (χ4v) is 3.40. The second kappa shape index (κ2) is 6.29. The minimum Gasteiger partial charge on any atom is -0.494 e. The molecule has 0 unspecified atom stereocenters. The fourth-order valence-electron chi connectivity index (χ4n) is 2.10. The summed E-state index contributed by atoms with van der Waals surface area (Å²) in [6.45, 7) is 0.486. The first-order valence-electron chi connectivity index (χ1n) is 6.10. The molecule has 100 valence electrons. The zero-order valence-electron chi connectivity index (χ0n) is 10.4. The number of rotatable bonds is 4. The summed E-state index contributed by atoms with van der Waals surface area (Å²) in [6.07, 6.45) is 1.80. The third kappa shape index (κ3) is 3.29. The Kier molecular flexibility index (Phi) is 4.72. The second-order valence-electron chi connectivity index (χ2n) is 4.44. The third-order valence-electron chi connectivity index (χ3n) is 3.23. The van der Waals surface area contributed by atoms with Crippen molar-refractivity contribution in [1.29, 1.82) is 0 Å². The van der Waals surface area contributed by atoms with Gasteiger partial charge in [0.1, 0.15) is 0 Å². The van der Waals surface area contributed by atoms with Gasteiger partial charge < -0.3 is 10.1 Å². The van der Waals surface area contributed by atoms with E-state index >= 15 is 0 Å². The first-order chi connectivity index (χ1) is 8.70. The lowest BCUT2D eigenvalue weighted by Gasteiger charge is -2.22. The maximum absolute atomic E-state index is 13.9. The Labute approximate surface area is 109 Å². The number of hydrogen-bond acceptors (Lipinski definition) is 3. The van der Waals surface area contributed by atoms with E-state index < -0.39 is 10.8 Å². The summed E-state index contributed by atoms with van der Waals surface area (Å²) in [7, 11) is 0.812. The van der Waals surface area contributed by atoms with Crippen molar-refractivity contribution in [3.63, 3.8) is 0 Å². The van der Waals surface area contributed by atoms with E-state index in [1.807, 2.05) is 0 Å². The van der Waals surface area contributed by atoms with E-state index in [0.29, 0.717) is 18.2 Å². The van der Waals surface area contributed by atoms with Gasteiger partial charge in [-0.3, -0.25) is 4.21 Å². The Hall–Kier alpha value is -0.940. The topological polar surface area (TPSA) is 38.3 Å². The molecule has 1 aromatic rings. The highest BCUT2D eigenvalue weighted by Crippen LogP contribution is 2.20. The van der Waals surface area contributed by atoms with Crippen LogP contribution in [0.3, 0.4) is 0 Å². The second-order valence-corrected chi connectivity index (χ2v) is 6.13. The molecular weight excluding hydrogens is 253 g/mol. The Balaban J connectivity index is 1.92. The van der Waals surface area contributed by atoms with Crippen molar-refractivity contribution in [3.05, 3.63) is 29.6 Å². The molecular formula is C13H18FNO2S. The fraction of sp³-hybridized carbons (Fsp3) is 0.538. The van der Waals surface area contributed by atoms with Crippen LogP contribution in [-0.2, 0) is 17.3 Å². The van der Waals surface area contributed by atoms with Gasteiger partial charge in [-0.25, -0.2) is 4.39 Å². The molecule has 0 amide bonds. The number of hydrogen-bond donors (Lipinski definition) is 1. The van der Waals surface area contributed by atoms with E-state index in [1.165, 1.54) is 7.11 Å². The molecule has 1 aliphatic heterocycles. The largest absolute Gasteiger partial charge is 0.494 e. The zero-order valence-corrected chi connectivity index (χ0v) is 11.3. The van der Waals surface area contributed by atoms with Crippen molar-refractivity contribution in [2.24, 2.45) is 0 Å². The van der Waals surface area contributed by atoms with Gasteiger partial charge in [0.2, 0.25) is 0 Å². The molecule has 0 saturated carbocycles. The average Bonchev–Trinajstić information content (AvgIpc) is 2.39. The van der Waals surface area contributed by atoms with E-state index in [4.69, 9.17) is 4.74 Å². The van der Waals surface area contributed by atoms with Gasteiger partial charge in [-0.2, -0.15) is 0 Å². The lowest BCUT2D eigenvalue weighted by atomic mass is 10.1. The van der Waals surface area contributed by atoms with Gasteiger partial charge in [-0.15, -0.1) is 0 Å². The maximum Gasteiger partial charge on any atom is 0.169 e. The molecule has 1 saturated heterocycles. The molecule has 3 nitrogen and oxygen atoms in total. The summed E-state index contributed by atoms with van der Waals surface area (Å²) in [6, 6.07) is 5.50. The number of nitrogens with one attached hydrogen (secondary N) is 1. The zero-order chi connectivity index (χ0) is 13.0. The molecule has 1 N–H and O–H groups in total. The molecule has 1 aliphatic rings. The van der Waals surface area contributed by atoms with Crippen LogP contribution in [0, 0.1) is 5.82 Å². The first-order valence-corrected chi connectivity index (χ1v) is 7.59. The van der Waals surface area contributed by atoms with Crippen LogP contribution in [0.4, 0.5) is 4.39 Å². The van der Waals surface area contributed by atoms with E-state index in [2.05, 4.69) is 5.32 Å². The van der Waals surface area contributed by atoms with Gasteiger partial charge in [0, 0.05) is 40.5 Å². The molecule has 1 fully saturated rings. The highest BCUT2D eigenvalue weighted by molar-refractivity contribution is 7.85. The lowest BCUT2D eigenvalue weighted by Crippen LogP contribution is -2.35. The smallest absolute Gasteiger partial charge is 0.169 e. The molecule has 0 aliphatic carbocycles. The van der Waals surface area contributed by atoms with Crippen LogP contribution in [-0.4, -0.2) is 28.9 Å². The predicted molar refractivity (Wildman–Crippen MR) is 70.7 cm³/mol. The highest BCUT2D eigenvalue weighted by Gasteiger charge is 2.18. The number of ether oxygens (including phenoxy) is 1. The predicted octanol–water partition coefficient (Wildman–Crippen LogP) is 1.83. The van der Waals surface area contributed by atoms with Crippen molar-refractivity contribution in [1.82, 2.24) is 5.32 Å². The standard InChI is InChI=1S/C13H18FNO2S/c1-17-12-4-2-3-10(13(12)14)9-15-11-5-7-18(16)8-6-11/h2-4,11,15H,5-9H2,1H3. The quantitative estimate of drug-likeness (QED) is 0.908. The third-order valence-corrected chi connectivity index (χ3v) is 4.61. The van der Waals surface area contributed by atoms with Gasteiger partial charge in [-0.05, 0) is 18.9 Å². The SMILES string of the molecule is COc1cccc(CNC2CCS(=O)CC2)c1F. The summed E-state index contributed by atoms with van der Waals surface area (Å²) in [5, 5.41) is 3.32. The van der Waals surface area contributed by atoms with Gasteiger partial charge in [-0.1, -0.05) is 12.1 Å². The summed E-state index contributed by atoms with van der Waals surface area (Å²) >= 11 is 0. The molecule has 0 bridgehead atoms. The molecule has 1 heterocycles. The molecule has 2 rings (SSSR count). The molecule has 0 atom stereocenters. The van der Waals surface area contributed by atoms with Crippen molar-refractivity contribution < 1.29 is 13.3 Å². The first kappa shape index (κ1) is 13.5. The maximum atomic E-state index is 13.9. The lowest BCUT2D eigenvalue weighted by molar-refractivity contribution is 0.381.